The lowest BCUT2D eigenvalue weighted by molar-refractivity contribution is -0.105. The van der Waals surface area contributed by atoms with Gasteiger partial charge >= 0.3 is 0 Å². The van der Waals surface area contributed by atoms with Crippen LogP contribution >= 0.6 is 0 Å². The molecule has 104 valence electrons. The minimum absolute atomic E-state index is 0.729. The van der Waals surface area contributed by atoms with Crippen molar-refractivity contribution in [1.29, 1.82) is 0 Å². The average Bonchev–Trinajstić information content (AvgIpc) is 2.36. The molecule has 0 radical (unpaired) electrons. The summed E-state index contributed by atoms with van der Waals surface area (Å²) in [7, 11) is 0. The molecule has 0 spiro atoms. The number of carbonyl (C=O) groups excluding carboxylic acids is 1. The fraction of sp³-hybridized carbons (Fsp3) is 0.562. The Balaban J connectivity index is 1.87. The van der Waals surface area contributed by atoms with Gasteiger partial charge in [0.05, 0.1) is 0 Å². The number of hydrogen-bond donors (Lipinski definition) is 1. The van der Waals surface area contributed by atoms with Crippen LogP contribution in [0.1, 0.15) is 25.8 Å². The van der Waals surface area contributed by atoms with E-state index in [0.29, 0.717) is 0 Å². The van der Waals surface area contributed by atoms with Gasteiger partial charge in [0.15, 0.2) is 0 Å². The van der Waals surface area contributed by atoms with Gasteiger partial charge in [-0.05, 0) is 42.4 Å². The molecule has 0 aliphatic carbocycles. The molecule has 2 unspecified atom stereocenters. The molecule has 1 N–H and O–H groups in total. The Kier molecular flexibility index (Phi) is 4.97. The lowest BCUT2D eigenvalue weighted by atomic mass is 9.91. The molecular weight excluding hydrogens is 236 g/mol. The molecule has 1 aromatic rings. The van der Waals surface area contributed by atoms with Crippen LogP contribution in [0.3, 0.4) is 0 Å². The first-order valence-corrected chi connectivity index (χ1v) is 7.19. The zero-order valence-electron chi connectivity index (χ0n) is 11.9. The zero-order valence-corrected chi connectivity index (χ0v) is 11.9. The van der Waals surface area contributed by atoms with Crippen LogP contribution < -0.4 is 5.32 Å². The predicted molar refractivity (Wildman–Crippen MR) is 79.2 cm³/mol. The molecule has 3 heteroatoms. The van der Waals surface area contributed by atoms with Gasteiger partial charge in [-0.3, -0.25) is 4.79 Å². The van der Waals surface area contributed by atoms with Crippen LogP contribution in [0.15, 0.2) is 24.3 Å². The average molecular weight is 260 g/mol. The Morgan fingerprint density at radius 3 is 2.74 bits per heavy atom. The number of hydrogen-bond acceptors (Lipinski definition) is 2. The van der Waals surface area contributed by atoms with Gasteiger partial charge in [0.25, 0.3) is 0 Å². The summed E-state index contributed by atoms with van der Waals surface area (Å²) in [6, 6.07) is 8.11. The molecule has 19 heavy (non-hydrogen) atoms. The molecular formula is C16H24N2O. The summed E-state index contributed by atoms with van der Waals surface area (Å²) in [5.74, 6) is 1.62. The second kappa shape index (κ2) is 6.71. The number of anilines is 1. The van der Waals surface area contributed by atoms with Crippen LogP contribution in [-0.4, -0.2) is 30.9 Å². The van der Waals surface area contributed by atoms with Crippen LogP contribution in [0.4, 0.5) is 5.69 Å². The molecule has 1 amide bonds. The van der Waals surface area contributed by atoms with E-state index in [0.717, 1.165) is 36.9 Å². The van der Waals surface area contributed by atoms with Gasteiger partial charge in [-0.1, -0.05) is 26.0 Å². The molecule has 0 bridgehead atoms. The zero-order chi connectivity index (χ0) is 13.7. The first kappa shape index (κ1) is 14.1. The normalized spacial score (nSPS) is 24.1. The number of nitrogens with one attached hydrogen (secondary N) is 1. The van der Waals surface area contributed by atoms with Gasteiger partial charge in [0.1, 0.15) is 0 Å². The van der Waals surface area contributed by atoms with Crippen molar-refractivity contribution < 1.29 is 4.79 Å². The molecule has 3 nitrogen and oxygen atoms in total. The molecule has 1 fully saturated rings. The van der Waals surface area contributed by atoms with E-state index < -0.39 is 0 Å². The summed E-state index contributed by atoms with van der Waals surface area (Å²) >= 11 is 0. The number of carbonyl (C=O) groups is 1. The third kappa shape index (κ3) is 4.35. The maximum absolute atomic E-state index is 10.4. The smallest absolute Gasteiger partial charge is 0.211 e. The van der Waals surface area contributed by atoms with E-state index in [1.807, 2.05) is 12.1 Å². The molecule has 2 atom stereocenters. The van der Waals surface area contributed by atoms with Crippen molar-refractivity contribution in [2.75, 3.05) is 25.0 Å². The van der Waals surface area contributed by atoms with Gasteiger partial charge in [0, 0.05) is 25.3 Å². The molecule has 1 aromatic carbocycles. The van der Waals surface area contributed by atoms with E-state index in [9.17, 15) is 4.79 Å². The standard InChI is InChI=1S/C16H24N2O/c1-13-8-14(2)11-18(10-13)7-6-15-4-3-5-16(9-15)17-12-19/h3-5,9,12-14H,6-8,10-11H2,1-2H3,(H,17,19). The molecule has 0 aromatic heterocycles. The van der Waals surface area contributed by atoms with Crippen molar-refractivity contribution >= 4 is 12.1 Å². The Morgan fingerprint density at radius 2 is 2.05 bits per heavy atom. The molecule has 1 aliphatic rings. The van der Waals surface area contributed by atoms with Gasteiger partial charge < -0.3 is 10.2 Å². The first-order chi connectivity index (χ1) is 9.17. The van der Waals surface area contributed by atoms with Gasteiger partial charge in [0.2, 0.25) is 6.41 Å². The Bertz CT molecular complexity index is 409. The van der Waals surface area contributed by atoms with Crippen molar-refractivity contribution in [3.63, 3.8) is 0 Å². The highest BCUT2D eigenvalue weighted by Gasteiger charge is 2.21. The van der Waals surface area contributed by atoms with Gasteiger partial charge in [-0.25, -0.2) is 0 Å². The van der Waals surface area contributed by atoms with Crippen LogP contribution in [0.5, 0.6) is 0 Å². The summed E-state index contributed by atoms with van der Waals surface area (Å²) in [5.41, 5.74) is 2.17. The monoisotopic (exact) mass is 260 g/mol. The van der Waals surface area contributed by atoms with E-state index in [4.69, 9.17) is 0 Å². The maximum Gasteiger partial charge on any atom is 0.211 e. The molecule has 1 saturated heterocycles. The second-order valence-corrected chi connectivity index (χ2v) is 5.92. The Labute approximate surface area is 116 Å². The van der Waals surface area contributed by atoms with Crippen LogP contribution in [-0.2, 0) is 11.2 Å². The quantitative estimate of drug-likeness (QED) is 0.826. The summed E-state index contributed by atoms with van der Waals surface area (Å²) < 4.78 is 0. The lowest BCUT2D eigenvalue weighted by Crippen LogP contribution is -2.39. The van der Waals surface area contributed by atoms with Crippen molar-refractivity contribution in [3.8, 4) is 0 Å². The second-order valence-electron chi connectivity index (χ2n) is 5.92. The highest BCUT2D eigenvalue weighted by molar-refractivity contribution is 5.71. The fourth-order valence-corrected chi connectivity index (χ4v) is 3.15. The number of nitrogens with zero attached hydrogens (tertiary/aromatic N) is 1. The molecule has 0 saturated carbocycles. The van der Waals surface area contributed by atoms with Gasteiger partial charge in [-0.2, -0.15) is 0 Å². The number of amides is 1. The molecule has 1 aliphatic heterocycles. The highest BCUT2D eigenvalue weighted by Crippen LogP contribution is 2.21. The van der Waals surface area contributed by atoms with E-state index >= 15 is 0 Å². The van der Waals surface area contributed by atoms with Gasteiger partial charge in [-0.15, -0.1) is 0 Å². The van der Waals surface area contributed by atoms with E-state index in [-0.39, 0.29) is 0 Å². The van der Waals surface area contributed by atoms with E-state index in [2.05, 4.69) is 36.2 Å². The summed E-state index contributed by atoms with van der Waals surface area (Å²) in [5, 5.41) is 2.71. The minimum Gasteiger partial charge on any atom is -0.329 e. The highest BCUT2D eigenvalue weighted by atomic mass is 16.1. The van der Waals surface area contributed by atoms with Crippen molar-refractivity contribution in [3.05, 3.63) is 29.8 Å². The van der Waals surface area contributed by atoms with Crippen LogP contribution in [0.25, 0.3) is 0 Å². The summed E-state index contributed by atoms with van der Waals surface area (Å²) in [6.45, 7) is 8.24. The topological polar surface area (TPSA) is 32.3 Å². The van der Waals surface area contributed by atoms with Crippen LogP contribution in [0, 0.1) is 11.8 Å². The SMILES string of the molecule is CC1CC(C)CN(CCc2cccc(NC=O)c2)C1. The number of benzene rings is 1. The molecule has 1 heterocycles. The number of likely N-dealkylation sites (tertiary alicyclic amines) is 1. The lowest BCUT2D eigenvalue weighted by Gasteiger charge is -2.35. The van der Waals surface area contributed by atoms with Crippen molar-refractivity contribution in [2.45, 2.75) is 26.7 Å². The maximum atomic E-state index is 10.4. The predicted octanol–water partition coefficient (Wildman–Crippen LogP) is 2.78. The first-order valence-electron chi connectivity index (χ1n) is 7.19. The largest absolute Gasteiger partial charge is 0.329 e. The Morgan fingerprint density at radius 1 is 1.32 bits per heavy atom. The summed E-state index contributed by atoms with van der Waals surface area (Å²) in [4.78, 5) is 13.0. The minimum atomic E-state index is 0.729. The van der Waals surface area contributed by atoms with Crippen molar-refractivity contribution in [2.24, 2.45) is 11.8 Å². The van der Waals surface area contributed by atoms with E-state index in [1.54, 1.807) is 0 Å². The Hall–Kier alpha value is -1.35. The van der Waals surface area contributed by atoms with E-state index in [1.165, 1.54) is 25.1 Å². The third-order valence-electron chi connectivity index (χ3n) is 3.81. The summed E-state index contributed by atoms with van der Waals surface area (Å²) in [6.07, 6.45) is 3.14. The molecule has 2 rings (SSSR count). The number of piperidine rings is 1. The van der Waals surface area contributed by atoms with Crippen molar-refractivity contribution in [1.82, 2.24) is 4.90 Å². The van der Waals surface area contributed by atoms with Crippen LogP contribution in [0.2, 0.25) is 0 Å². The number of rotatable bonds is 5. The fourth-order valence-electron chi connectivity index (χ4n) is 3.15. The third-order valence-corrected chi connectivity index (χ3v) is 3.81.